The van der Waals surface area contributed by atoms with Gasteiger partial charge in [-0.25, -0.2) is 13.4 Å². The summed E-state index contributed by atoms with van der Waals surface area (Å²) < 4.78 is 30.9. The van der Waals surface area contributed by atoms with Gasteiger partial charge in [-0.2, -0.15) is 0 Å². The van der Waals surface area contributed by atoms with Crippen LogP contribution in [0.5, 0.6) is 5.75 Å². The van der Waals surface area contributed by atoms with Crippen molar-refractivity contribution >= 4 is 60.3 Å². The maximum atomic E-state index is 11.5. The molecule has 4 aromatic rings. The Morgan fingerprint density at radius 1 is 1.03 bits per heavy atom. The lowest BCUT2D eigenvalue weighted by atomic mass is 10.1. The minimum atomic E-state index is -3.45. The van der Waals surface area contributed by atoms with E-state index in [-0.39, 0.29) is 5.69 Å². The Kier molecular flexibility index (Phi) is 5.18. The number of non-ortho nitro benzene ring substituents is 1. The number of nitro benzene ring substituents is 1. The summed E-state index contributed by atoms with van der Waals surface area (Å²) in [5.41, 5.74) is 9.03. The van der Waals surface area contributed by atoms with Crippen molar-refractivity contribution in [2.45, 2.75) is 0 Å². The highest BCUT2D eigenvalue weighted by molar-refractivity contribution is 7.92. The summed E-state index contributed by atoms with van der Waals surface area (Å²) in [6, 6.07) is 14.5. The number of hydrogen-bond acceptors (Lipinski definition) is 8. The summed E-state index contributed by atoms with van der Waals surface area (Å²) in [4.78, 5) is 15.3. The number of anilines is 4. The molecule has 0 fully saturated rings. The Labute approximate surface area is 183 Å². The van der Waals surface area contributed by atoms with Crippen LogP contribution in [0.2, 0.25) is 0 Å². The molecule has 4 rings (SSSR count). The largest absolute Gasteiger partial charge is 0.494 e. The van der Waals surface area contributed by atoms with Gasteiger partial charge in [0.2, 0.25) is 10.0 Å². The summed E-state index contributed by atoms with van der Waals surface area (Å²) in [6.45, 7) is 0. The fourth-order valence-corrected chi connectivity index (χ4v) is 3.96. The van der Waals surface area contributed by atoms with Gasteiger partial charge >= 0.3 is 0 Å². The number of hydrogen-bond donors (Lipinski definition) is 3. The zero-order chi connectivity index (χ0) is 23.0. The Hall–Kier alpha value is -4.12. The second-order valence-electron chi connectivity index (χ2n) is 7.14. The maximum absolute atomic E-state index is 11.5. The molecule has 164 valence electrons. The van der Waals surface area contributed by atoms with Crippen LogP contribution < -0.4 is 20.5 Å². The first-order chi connectivity index (χ1) is 15.1. The standard InChI is InChI=1S/C21H19N5O5S/c1-31-20-10-13(25-32(2,29)30)4-8-18(20)24-21-15-6-5-14(26(27)28)11-19(15)23-17-7-3-12(22)9-16(17)21/h3-11,25H,22H2,1-2H3,(H,23,24). The van der Waals surface area contributed by atoms with E-state index in [1.54, 1.807) is 42.5 Å². The van der Waals surface area contributed by atoms with Crippen LogP contribution in [0, 0.1) is 10.1 Å². The fourth-order valence-electron chi connectivity index (χ4n) is 3.41. The average Bonchev–Trinajstić information content (AvgIpc) is 2.73. The molecule has 0 saturated carbocycles. The number of fused-ring (bicyclic) bond motifs is 2. The summed E-state index contributed by atoms with van der Waals surface area (Å²) >= 11 is 0. The van der Waals surface area contributed by atoms with E-state index < -0.39 is 14.9 Å². The molecule has 10 nitrogen and oxygen atoms in total. The highest BCUT2D eigenvalue weighted by atomic mass is 32.2. The number of sulfonamides is 1. The molecule has 0 unspecified atom stereocenters. The highest BCUT2D eigenvalue weighted by Crippen LogP contribution is 2.38. The van der Waals surface area contributed by atoms with Crippen molar-refractivity contribution in [2.24, 2.45) is 0 Å². The molecular formula is C21H19N5O5S. The monoisotopic (exact) mass is 453 g/mol. The molecule has 0 aliphatic rings. The van der Waals surface area contributed by atoms with E-state index in [1.807, 2.05) is 0 Å². The van der Waals surface area contributed by atoms with Gasteiger partial charge in [-0.05, 0) is 36.4 Å². The average molecular weight is 453 g/mol. The topological polar surface area (TPSA) is 149 Å². The lowest BCUT2D eigenvalue weighted by molar-refractivity contribution is -0.384. The Balaban J connectivity index is 1.90. The molecule has 0 radical (unpaired) electrons. The van der Waals surface area contributed by atoms with Gasteiger partial charge in [0.05, 0.1) is 46.4 Å². The van der Waals surface area contributed by atoms with Crippen LogP contribution in [0.15, 0.2) is 54.6 Å². The molecule has 4 N–H and O–H groups in total. The molecular weight excluding hydrogens is 434 g/mol. The van der Waals surface area contributed by atoms with Crippen LogP contribution in [0.25, 0.3) is 21.8 Å². The molecule has 11 heteroatoms. The van der Waals surface area contributed by atoms with Crippen molar-refractivity contribution in [1.82, 2.24) is 4.98 Å². The molecule has 1 aromatic heterocycles. The van der Waals surface area contributed by atoms with Crippen LogP contribution in [0.3, 0.4) is 0 Å². The third-order valence-corrected chi connectivity index (χ3v) is 5.36. The SMILES string of the molecule is COc1cc(NS(C)(=O)=O)ccc1Nc1c2ccc([N+](=O)[O-])cc2nc2ccc(N)cc12. The molecule has 0 aliphatic carbocycles. The molecule has 3 aromatic carbocycles. The zero-order valence-corrected chi connectivity index (χ0v) is 17.9. The highest BCUT2D eigenvalue weighted by Gasteiger charge is 2.16. The van der Waals surface area contributed by atoms with Crippen LogP contribution >= 0.6 is 0 Å². The number of benzene rings is 3. The molecule has 0 saturated heterocycles. The van der Waals surface area contributed by atoms with Crippen molar-refractivity contribution in [3.05, 3.63) is 64.7 Å². The number of nitrogens with two attached hydrogens (primary N) is 1. The Morgan fingerprint density at radius 2 is 1.81 bits per heavy atom. The molecule has 32 heavy (non-hydrogen) atoms. The number of aromatic nitrogens is 1. The quantitative estimate of drug-likeness (QED) is 0.172. The third kappa shape index (κ3) is 4.18. The van der Waals surface area contributed by atoms with Gasteiger partial charge in [0, 0.05) is 34.7 Å². The summed E-state index contributed by atoms with van der Waals surface area (Å²) in [5.74, 6) is 0.391. The predicted molar refractivity (Wildman–Crippen MR) is 125 cm³/mol. The van der Waals surface area contributed by atoms with E-state index in [9.17, 15) is 18.5 Å². The lowest BCUT2D eigenvalue weighted by Crippen LogP contribution is -2.09. The van der Waals surface area contributed by atoms with E-state index >= 15 is 0 Å². The van der Waals surface area contributed by atoms with Gasteiger partial charge < -0.3 is 15.8 Å². The number of pyridine rings is 1. The van der Waals surface area contributed by atoms with Crippen molar-refractivity contribution in [2.75, 3.05) is 29.1 Å². The van der Waals surface area contributed by atoms with Crippen molar-refractivity contribution in [1.29, 1.82) is 0 Å². The van der Waals surface area contributed by atoms with Crippen molar-refractivity contribution < 1.29 is 18.1 Å². The van der Waals surface area contributed by atoms with E-state index in [0.717, 1.165) is 6.26 Å². The van der Waals surface area contributed by atoms with Crippen molar-refractivity contribution in [3.63, 3.8) is 0 Å². The minimum absolute atomic E-state index is 0.0699. The summed E-state index contributed by atoms with van der Waals surface area (Å²) in [6.07, 6.45) is 1.06. The zero-order valence-electron chi connectivity index (χ0n) is 17.1. The van der Waals surface area contributed by atoms with Gasteiger partial charge in [-0.15, -0.1) is 0 Å². The molecule has 0 bridgehead atoms. The first-order valence-electron chi connectivity index (χ1n) is 9.35. The second-order valence-corrected chi connectivity index (χ2v) is 8.88. The Bertz CT molecular complexity index is 1490. The smallest absolute Gasteiger partial charge is 0.271 e. The van der Waals surface area contributed by atoms with Crippen LogP contribution in [0.4, 0.5) is 28.4 Å². The molecule has 0 aliphatic heterocycles. The van der Waals surface area contributed by atoms with Crippen molar-refractivity contribution in [3.8, 4) is 5.75 Å². The summed E-state index contributed by atoms with van der Waals surface area (Å²) in [7, 11) is -1.98. The number of rotatable bonds is 6. The minimum Gasteiger partial charge on any atom is -0.494 e. The third-order valence-electron chi connectivity index (χ3n) is 4.76. The molecule has 0 amide bonds. The number of ether oxygens (including phenoxy) is 1. The van der Waals surface area contributed by atoms with Gasteiger partial charge in [0.1, 0.15) is 5.75 Å². The van der Waals surface area contributed by atoms with Gasteiger partial charge in [-0.3, -0.25) is 14.8 Å². The van der Waals surface area contributed by atoms with E-state index in [1.165, 1.54) is 19.2 Å². The number of nitrogens with zero attached hydrogens (tertiary/aromatic N) is 2. The van der Waals surface area contributed by atoms with Crippen LogP contribution in [-0.4, -0.2) is 31.7 Å². The van der Waals surface area contributed by atoms with E-state index in [4.69, 9.17) is 10.5 Å². The van der Waals surface area contributed by atoms with Crippen LogP contribution in [-0.2, 0) is 10.0 Å². The predicted octanol–water partition coefficient (Wildman–Crippen LogP) is 4.00. The molecule has 1 heterocycles. The maximum Gasteiger partial charge on any atom is 0.271 e. The second kappa shape index (κ2) is 7.85. The lowest BCUT2D eigenvalue weighted by Gasteiger charge is -2.17. The fraction of sp³-hybridized carbons (Fsp3) is 0.0952. The normalized spacial score (nSPS) is 11.4. The van der Waals surface area contributed by atoms with Gasteiger partial charge in [0.15, 0.2) is 0 Å². The number of methoxy groups -OCH3 is 1. The van der Waals surface area contributed by atoms with E-state index in [2.05, 4.69) is 15.0 Å². The first-order valence-corrected chi connectivity index (χ1v) is 11.2. The van der Waals surface area contributed by atoms with Gasteiger partial charge in [0.25, 0.3) is 5.69 Å². The first kappa shape index (κ1) is 21.1. The van der Waals surface area contributed by atoms with Gasteiger partial charge in [-0.1, -0.05) is 0 Å². The summed E-state index contributed by atoms with van der Waals surface area (Å²) in [5, 5.41) is 15.9. The number of nitrogens with one attached hydrogen (secondary N) is 2. The van der Waals surface area contributed by atoms with E-state index in [0.29, 0.717) is 50.3 Å². The number of nitro groups is 1. The molecule has 0 spiro atoms. The Morgan fingerprint density at radius 3 is 2.50 bits per heavy atom. The molecule has 0 atom stereocenters. The number of nitrogen functional groups attached to an aromatic ring is 1. The van der Waals surface area contributed by atoms with Crippen LogP contribution in [0.1, 0.15) is 0 Å².